The molecule has 1 unspecified atom stereocenters. The lowest BCUT2D eigenvalue weighted by atomic mass is 9.91. The molecule has 0 saturated heterocycles. The summed E-state index contributed by atoms with van der Waals surface area (Å²) in [4.78, 5) is 44.7. The van der Waals surface area contributed by atoms with Gasteiger partial charge in [0.1, 0.15) is 5.15 Å². The molecule has 1 aliphatic heterocycles. The number of carboxylic acid groups (broad SMARTS) is 1. The predicted molar refractivity (Wildman–Crippen MR) is 142 cm³/mol. The number of carbonyl (C=O) groups is 2. The van der Waals surface area contributed by atoms with Gasteiger partial charge < -0.3 is 10.1 Å². The fourth-order valence-corrected chi connectivity index (χ4v) is 4.74. The zero-order valence-electron chi connectivity index (χ0n) is 19.3. The van der Waals surface area contributed by atoms with E-state index in [2.05, 4.69) is 15.1 Å². The number of pyridine rings is 2. The van der Waals surface area contributed by atoms with Gasteiger partial charge >= 0.3 is 5.97 Å². The smallest absolute Gasteiger partial charge is 0.303 e. The molecule has 1 amide bonds. The number of fused-ring (bicyclic) bond motifs is 1. The molecule has 37 heavy (non-hydrogen) atoms. The van der Waals surface area contributed by atoms with Gasteiger partial charge in [-0.2, -0.15) is 5.10 Å². The summed E-state index contributed by atoms with van der Waals surface area (Å²) in [7, 11) is 0. The van der Waals surface area contributed by atoms with E-state index >= 15 is 0 Å². The molecule has 2 aromatic heterocycles. The normalized spacial score (nSPS) is 15.1. The summed E-state index contributed by atoms with van der Waals surface area (Å²) < 4.78 is 0. The van der Waals surface area contributed by atoms with E-state index in [1.165, 1.54) is 5.01 Å². The molecule has 0 aliphatic carbocycles. The van der Waals surface area contributed by atoms with Crippen molar-refractivity contribution in [2.45, 2.75) is 25.3 Å². The first-order chi connectivity index (χ1) is 17.8. The van der Waals surface area contributed by atoms with Crippen LogP contribution in [0.3, 0.4) is 0 Å². The number of para-hydroxylation sites is 1. The second kappa shape index (κ2) is 10.2. The van der Waals surface area contributed by atoms with Gasteiger partial charge in [-0.1, -0.05) is 59.6 Å². The second-order valence-electron chi connectivity index (χ2n) is 8.57. The van der Waals surface area contributed by atoms with Gasteiger partial charge in [0.2, 0.25) is 5.91 Å². The Morgan fingerprint density at radius 2 is 1.76 bits per heavy atom. The first-order valence-corrected chi connectivity index (χ1v) is 12.2. The van der Waals surface area contributed by atoms with E-state index in [0.717, 1.165) is 10.9 Å². The van der Waals surface area contributed by atoms with Crippen molar-refractivity contribution in [1.82, 2.24) is 15.0 Å². The molecule has 0 bridgehead atoms. The highest BCUT2D eigenvalue weighted by Crippen LogP contribution is 2.37. The van der Waals surface area contributed by atoms with E-state index in [9.17, 15) is 14.4 Å². The Morgan fingerprint density at radius 3 is 2.46 bits per heavy atom. The Labute approximate surface area is 221 Å². The molecule has 10 heteroatoms. The summed E-state index contributed by atoms with van der Waals surface area (Å²) in [6.07, 6.45) is 1.21. The minimum Gasteiger partial charge on any atom is -0.481 e. The highest BCUT2D eigenvalue weighted by molar-refractivity contribution is 6.30. The van der Waals surface area contributed by atoms with Gasteiger partial charge in [-0.05, 0) is 35.4 Å². The fraction of sp³-hybridized carbons (Fsp3) is 0.148. The lowest BCUT2D eigenvalue weighted by molar-refractivity contribution is -0.141. The van der Waals surface area contributed by atoms with E-state index < -0.39 is 17.9 Å². The number of nitrogens with one attached hydrogen (secondary N) is 1. The number of halogens is 2. The van der Waals surface area contributed by atoms with E-state index in [-0.39, 0.29) is 24.8 Å². The summed E-state index contributed by atoms with van der Waals surface area (Å²) in [5.74, 6) is -1.56. The summed E-state index contributed by atoms with van der Waals surface area (Å²) in [6.45, 7) is 0. The van der Waals surface area contributed by atoms with Crippen molar-refractivity contribution in [3.05, 3.63) is 98.5 Å². The summed E-state index contributed by atoms with van der Waals surface area (Å²) in [6, 6.07) is 17.4. The molecule has 5 rings (SSSR count). The number of amides is 1. The number of nitrogens with zero attached hydrogens (tertiary/aromatic N) is 3. The number of aromatic nitrogens is 2. The van der Waals surface area contributed by atoms with Gasteiger partial charge in [-0.3, -0.25) is 14.4 Å². The molecule has 1 atom stereocenters. The number of benzene rings is 2. The molecule has 0 saturated carbocycles. The monoisotopic (exact) mass is 534 g/mol. The zero-order chi connectivity index (χ0) is 26.1. The van der Waals surface area contributed by atoms with Crippen LogP contribution >= 0.6 is 23.2 Å². The van der Waals surface area contributed by atoms with Gasteiger partial charge in [0.25, 0.3) is 5.56 Å². The Balaban J connectivity index is 1.68. The first kappa shape index (κ1) is 24.7. The third kappa shape index (κ3) is 4.98. The van der Waals surface area contributed by atoms with Crippen molar-refractivity contribution in [3.8, 4) is 11.1 Å². The maximum atomic E-state index is 13.5. The molecule has 3 heterocycles. The van der Waals surface area contributed by atoms with E-state index in [1.54, 1.807) is 30.5 Å². The average Bonchev–Trinajstić information content (AvgIpc) is 3.32. The lowest BCUT2D eigenvalue weighted by Gasteiger charge is -2.21. The summed E-state index contributed by atoms with van der Waals surface area (Å²) in [5, 5.41) is 16.6. The largest absolute Gasteiger partial charge is 0.481 e. The molecule has 0 fully saturated rings. The number of rotatable bonds is 6. The van der Waals surface area contributed by atoms with E-state index in [0.29, 0.717) is 38.1 Å². The second-order valence-corrected chi connectivity index (χ2v) is 9.39. The number of hydrogen-bond acceptors (Lipinski definition) is 5. The van der Waals surface area contributed by atoms with Crippen molar-refractivity contribution in [2.75, 3.05) is 0 Å². The fourth-order valence-electron chi connectivity index (χ4n) is 4.50. The number of hydrazone groups is 1. The summed E-state index contributed by atoms with van der Waals surface area (Å²) in [5.41, 5.74) is 3.15. The molecule has 8 nitrogen and oxygen atoms in total. The maximum Gasteiger partial charge on any atom is 0.303 e. The molecule has 0 spiro atoms. The van der Waals surface area contributed by atoms with Crippen LogP contribution in [0.4, 0.5) is 0 Å². The Morgan fingerprint density at radius 1 is 1.00 bits per heavy atom. The number of H-pyrrole nitrogens is 1. The van der Waals surface area contributed by atoms with Crippen molar-refractivity contribution >= 4 is 51.7 Å². The lowest BCUT2D eigenvalue weighted by Crippen LogP contribution is -2.27. The topological polar surface area (TPSA) is 116 Å². The molecule has 1 aliphatic rings. The maximum absolute atomic E-state index is 13.5. The van der Waals surface area contributed by atoms with Gasteiger partial charge in [0, 0.05) is 40.5 Å². The van der Waals surface area contributed by atoms with Crippen LogP contribution in [0.25, 0.3) is 22.0 Å². The van der Waals surface area contributed by atoms with Crippen LogP contribution in [0.1, 0.15) is 36.4 Å². The van der Waals surface area contributed by atoms with Crippen LogP contribution in [0.2, 0.25) is 10.2 Å². The first-order valence-electron chi connectivity index (χ1n) is 11.5. The minimum absolute atomic E-state index is 0.226. The quantitative estimate of drug-likeness (QED) is 0.319. The van der Waals surface area contributed by atoms with Gasteiger partial charge in [-0.15, -0.1) is 0 Å². The van der Waals surface area contributed by atoms with Crippen LogP contribution in [0.15, 0.2) is 76.8 Å². The van der Waals surface area contributed by atoms with Crippen LogP contribution < -0.4 is 5.56 Å². The molecule has 4 aromatic rings. The van der Waals surface area contributed by atoms with Gasteiger partial charge in [0.15, 0.2) is 0 Å². The third-order valence-corrected chi connectivity index (χ3v) is 6.67. The Bertz CT molecular complexity index is 1600. The summed E-state index contributed by atoms with van der Waals surface area (Å²) >= 11 is 12.1. The highest BCUT2D eigenvalue weighted by Gasteiger charge is 2.35. The predicted octanol–water partition coefficient (Wildman–Crippen LogP) is 5.44. The van der Waals surface area contributed by atoms with Crippen LogP contribution in [-0.4, -0.2) is 37.7 Å². The Kier molecular flexibility index (Phi) is 6.78. The molecular formula is C27H20Cl2N4O4. The molecule has 2 aromatic carbocycles. The standard InChI is InChI=1S/C27H20Cl2N4O4/c28-17-8-5-15(6-9-17)25-18-3-1-2-4-19(18)31-27(37)26(25)20-13-21(16-7-10-22(29)30-14-16)33(32-20)23(34)11-12-24(35)36/h1-10,14,21H,11-13H2,(H,31,37)(H,35,36). The number of aromatic amines is 1. The Hall–Kier alpha value is -4.01. The number of aliphatic carboxylic acids is 1. The molecule has 0 radical (unpaired) electrons. The van der Waals surface area contributed by atoms with Crippen LogP contribution in [0.5, 0.6) is 0 Å². The average molecular weight is 535 g/mol. The van der Waals surface area contributed by atoms with Crippen molar-refractivity contribution in [2.24, 2.45) is 5.10 Å². The van der Waals surface area contributed by atoms with Crippen LogP contribution in [0, 0.1) is 0 Å². The van der Waals surface area contributed by atoms with E-state index in [4.69, 9.17) is 28.3 Å². The highest BCUT2D eigenvalue weighted by atomic mass is 35.5. The van der Waals surface area contributed by atoms with Gasteiger partial charge in [0.05, 0.1) is 23.7 Å². The van der Waals surface area contributed by atoms with Crippen molar-refractivity contribution in [3.63, 3.8) is 0 Å². The zero-order valence-corrected chi connectivity index (χ0v) is 20.8. The van der Waals surface area contributed by atoms with E-state index in [1.807, 2.05) is 36.4 Å². The van der Waals surface area contributed by atoms with Crippen molar-refractivity contribution < 1.29 is 14.7 Å². The minimum atomic E-state index is -1.09. The molecular weight excluding hydrogens is 515 g/mol. The number of hydrogen-bond donors (Lipinski definition) is 2. The molecule has 186 valence electrons. The number of carboxylic acids is 1. The van der Waals surface area contributed by atoms with Crippen molar-refractivity contribution in [1.29, 1.82) is 0 Å². The van der Waals surface area contributed by atoms with Crippen LogP contribution in [-0.2, 0) is 9.59 Å². The number of carbonyl (C=O) groups excluding carboxylic acids is 1. The SMILES string of the molecule is O=C(O)CCC(=O)N1N=C(c2c(-c3ccc(Cl)cc3)c3ccccc3[nH]c2=O)CC1c1ccc(Cl)nc1. The third-order valence-electron chi connectivity index (χ3n) is 6.20. The molecule has 2 N–H and O–H groups in total. The van der Waals surface area contributed by atoms with Gasteiger partial charge in [-0.25, -0.2) is 9.99 Å².